The van der Waals surface area contributed by atoms with Crippen molar-refractivity contribution in [3.8, 4) is 0 Å². The highest BCUT2D eigenvalue weighted by Gasteiger charge is 2.12. The van der Waals surface area contributed by atoms with Gasteiger partial charge in [-0.25, -0.2) is 13.4 Å². The average Bonchev–Trinajstić information content (AvgIpc) is 2.34. The van der Waals surface area contributed by atoms with Gasteiger partial charge in [0, 0.05) is 5.38 Å². The Bertz CT molecular complexity index is 375. The number of anilines is 1. The maximum absolute atomic E-state index is 11.3. The van der Waals surface area contributed by atoms with Crippen LogP contribution in [0.25, 0.3) is 0 Å². The van der Waals surface area contributed by atoms with E-state index in [0.29, 0.717) is 17.2 Å². The molecule has 0 amide bonds. The van der Waals surface area contributed by atoms with E-state index in [0.717, 1.165) is 0 Å². The molecule has 0 unspecified atom stereocenters. The highest BCUT2D eigenvalue weighted by molar-refractivity contribution is 7.90. The molecule has 82 valence electrons. The third-order valence-electron chi connectivity index (χ3n) is 1.45. The van der Waals surface area contributed by atoms with E-state index in [1.165, 1.54) is 11.3 Å². The van der Waals surface area contributed by atoms with Gasteiger partial charge in [0.05, 0.1) is 17.2 Å². The van der Waals surface area contributed by atoms with Crippen LogP contribution in [0.5, 0.6) is 0 Å². The number of nitrogen functional groups attached to an aromatic ring is 1. The third-order valence-corrected chi connectivity index (χ3v) is 3.94. The molecular weight excluding hydrogens is 244 g/mol. The summed E-state index contributed by atoms with van der Waals surface area (Å²) in [6.07, 6.45) is 0.641. The first-order valence-electron chi connectivity index (χ1n) is 3.94. The van der Waals surface area contributed by atoms with E-state index < -0.39 is 9.84 Å². The molecule has 0 fully saturated rings. The average molecular weight is 257 g/mol. The van der Waals surface area contributed by atoms with Crippen molar-refractivity contribution < 1.29 is 8.42 Å². The quantitative estimate of drug-likeness (QED) is 0.886. The van der Waals surface area contributed by atoms with Crippen LogP contribution < -0.4 is 5.73 Å². The zero-order valence-electron chi connectivity index (χ0n) is 7.76. The van der Waals surface area contributed by atoms with Crippen LogP contribution in [0, 0.1) is 0 Å². The molecule has 0 saturated heterocycles. The summed E-state index contributed by atoms with van der Waals surface area (Å²) in [5, 5.41) is 2.10. The second-order valence-corrected chi connectivity index (χ2v) is 5.84. The Balaban J connectivity index is 0.00000169. The van der Waals surface area contributed by atoms with Crippen molar-refractivity contribution in [2.45, 2.75) is 19.1 Å². The summed E-state index contributed by atoms with van der Waals surface area (Å²) >= 11 is 1.27. The maximum Gasteiger partial charge on any atom is 0.180 e. The number of hydrogen-bond donors (Lipinski definition) is 1. The van der Waals surface area contributed by atoms with E-state index >= 15 is 0 Å². The molecule has 4 nitrogen and oxygen atoms in total. The Morgan fingerprint density at radius 2 is 2.21 bits per heavy atom. The smallest absolute Gasteiger partial charge is 0.180 e. The van der Waals surface area contributed by atoms with Crippen LogP contribution in [0.1, 0.15) is 19.0 Å². The zero-order valence-corrected chi connectivity index (χ0v) is 10.2. The number of nitrogens with zero attached hydrogens (tertiary/aromatic N) is 1. The Morgan fingerprint density at radius 1 is 1.57 bits per heavy atom. The lowest BCUT2D eigenvalue weighted by Crippen LogP contribution is -2.08. The molecule has 14 heavy (non-hydrogen) atoms. The van der Waals surface area contributed by atoms with Gasteiger partial charge in [0.25, 0.3) is 0 Å². The lowest BCUT2D eigenvalue weighted by atomic mass is 10.6. The van der Waals surface area contributed by atoms with Gasteiger partial charge in [-0.05, 0) is 6.42 Å². The summed E-state index contributed by atoms with van der Waals surface area (Å²) in [4.78, 5) is 3.90. The van der Waals surface area contributed by atoms with E-state index in [4.69, 9.17) is 5.73 Å². The Hall–Kier alpha value is -0.330. The highest BCUT2D eigenvalue weighted by Crippen LogP contribution is 2.14. The maximum atomic E-state index is 11.3. The summed E-state index contributed by atoms with van der Waals surface area (Å²) in [6, 6.07) is 0. The predicted molar refractivity (Wildman–Crippen MR) is 61.6 cm³/mol. The number of halogens is 1. The fourth-order valence-electron chi connectivity index (χ4n) is 0.997. The summed E-state index contributed by atoms with van der Waals surface area (Å²) in [6.45, 7) is 1.84. The van der Waals surface area contributed by atoms with Crippen molar-refractivity contribution in [3.05, 3.63) is 11.1 Å². The van der Waals surface area contributed by atoms with Gasteiger partial charge in [0.2, 0.25) is 0 Å². The van der Waals surface area contributed by atoms with Crippen LogP contribution in [0.15, 0.2) is 5.38 Å². The van der Waals surface area contributed by atoms with Gasteiger partial charge in [0.15, 0.2) is 15.0 Å². The van der Waals surface area contributed by atoms with Crippen LogP contribution >= 0.6 is 23.7 Å². The second-order valence-electron chi connectivity index (χ2n) is 2.77. The molecule has 0 saturated carbocycles. The number of thiazole rings is 1. The number of rotatable bonds is 4. The van der Waals surface area contributed by atoms with E-state index in [1.54, 1.807) is 5.38 Å². The molecule has 1 aromatic rings. The zero-order chi connectivity index (χ0) is 9.90. The van der Waals surface area contributed by atoms with Crippen molar-refractivity contribution in [2.24, 2.45) is 0 Å². The first kappa shape index (κ1) is 13.7. The summed E-state index contributed by atoms with van der Waals surface area (Å²) in [5.74, 6) is 0.221. The first-order valence-corrected chi connectivity index (χ1v) is 6.64. The SMILES string of the molecule is CCCS(=O)(=O)Cc1csc(N)n1.Cl. The summed E-state index contributed by atoms with van der Waals surface area (Å²) < 4.78 is 22.7. The van der Waals surface area contributed by atoms with E-state index in [9.17, 15) is 8.42 Å². The molecule has 0 aliphatic heterocycles. The van der Waals surface area contributed by atoms with Crippen LogP contribution in [-0.2, 0) is 15.6 Å². The lowest BCUT2D eigenvalue weighted by Gasteiger charge is -1.98. The number of sulfone groups is 1. The molecule has 7 heteroatoms. The number of aromatic nitrogens is 1. The molecule has 0 spiro atoms. The van der Waals surface area contributed by atoms with E-state index in [-0.39, 0.29) is 23.9 Å². The topological polar surface area (TPSA) is 73.0 Å². The molecule has 0 radical (unpaired) electrons. The fraction of sp³-hybridized carbons (Fsp3) is 0.571. The minimum atomic E-state index is -2.98. The number of hydrogen-bond acceptors (Lipinski definition) is 5. The Kier molecular flexibility index (Phi) is 5.40. The molecule has 1 aromatic heterocycles. The van der Waals surface area contributed by atoms with Crippen molar-refractivity contribution in [1.29, 1.82) is 0 Å². The van der Waals surface area contributed by atoms with E-state index in [1.807, 2.05) is 6.92 Å². The molecule has 0 aliphatic carbocycles. The van der Waals surface area contributed by atoms with Crippen LogP contribution in [0.4, 0.5) is 5.13 Å². The molecule has 0 bridgehead atoms. The standard InChI is InChI=1S/C7H12N2O2S2.ClH/c1-2-3-13(10,11)5-6-4-12-7(8)9-6;/h4H,2-3,5H2,1H3,(H2,8,9);1H. The lowest BCUT2D eigenvalue weighted by molar-refractivity contribution is 0.593. The van der Waals surface area contributed by atoms with Gasteiger partial charge >= 0.3 is 0 Å². The minimum Gasteiger partial charge on any atom is -0.375 e. The molecule has 1 heterocycles. The van der Waals surface area contributed by atoms with Crippen LogP contribution in [-0.4, -0.2) is 19.2 Å². The molecule has 0 atom stereocenters. The Labute approximate surface area is 93.9 Å². The third kappa shape index (κ3) is 4.26. The van der Waals surface area contributed by atoms with Gasteiger partial charge < -0.3 is 5.73 Å². The van der Waals surface area contributed by atoms with Gasteiger partial charge in [-0.15, -0.1) is 23.7 Å². The predicted octanol–water partition coefficient (Wildman–Crippen LogP) is 1.47. The van der Waals surface area contributed by atoms with Crippen molar-refractivity contribution in [2.75, 3.05) is 11.5 Å². The van der Waals surface area contributed by atoms with Crippen LogP contribution in [0.3, 0.4) is 0 Å². The molecule has 1 rings (SSSR count). The van der Waals surface area contributed by atoms with Crippen molar-refractivity contribution in [3.63, 3.8) is 0 Å². The molecule has 0 aliphatic rings. The first-order chi connectivity index (χ1) is 6.03. The van der Waals surface area contributed by atoms with E-state index in [2.05, 4.69) is 4.98 Å². The van der Waals surface area contributed by atoms with Crippen molar-refractivity contribution >= 4 is 38.7 Å². The molecule has 2 N–H and O–H groups in total. The summed E-state index contributed by atoms with van der Waals surface area (Å²) in [7, 11) is -2.98. The van der Waals surface area contributed by atoms with Gasteiger partial charge in [-0.3, -0.25) is 0 Å². The minimum absolute atomic E-state index is 0. The summed E-state index contributed by atoms with van der Waals surface area (Å²) in [5.41, 5.74) is 5.94. The Morgan fingerprint density at radius 3 is 2.64 bits per heavy atom. The largest absolute Gasteiger partial charge is 0.375 e. The highest BCUT2D eigenvalue weighted by atomic mass is 35.5. The normalized spacial score (nSPS) is 10.9. The van der Waals surface area contributed by atoms with Gasteiger partial charge in [-0.2, -0.15) is 0 Å². The van der Waals surface area contributed by atoms with Gasteiger partial charge in [0.1, 0.15) is 0 Å². The van der Waals surface area contributed by atoms with Crippen molar-refractivity contribution in [1.82, 2.24) is 4.98 Å². The monoisotopic (exact) mass is 256 g/mol. The fourth-order valence-corrected chi connectivity index (χ4v) is 3.03. The second kappa shape index (κ2) is 5.53. The molecular formula is C7H13ClN2O2S2. The van der Waals surface area contributed by atoms with Crippen LogP contribution in [0.2, 0.25) is 0 Å². The number of nitrogens with two attached hydrogens (primary N) is 1. The van der Waals surface area contributed by atoms with Gasteiger partial charge in [-0.1, -0.05) is 6.92 Å². The molecule has 0 aromatic carbocycles.